The summed E-state index contributed by atoms with van der Waals surface area (Å²) in [6.07, 6.45) is 0. The van der Waals surface area contributed by atoms with E-state index in [1.54, 1.807) is 0 Å². The highest BCUT2D eigenvalue weighted by Gasteiger charge is 2.19. The summed E-state index contributed by atoms with van der Waals surface area (Å²) in [5.41, 5.74) is 3.11. The van der Waals surface area contributed by atoms with E-state index >= 15 is 0 Å². The van der Waals surface area contributed by atoms with Crippen LogP contribution >= 0.6 is 0 Å². The van der Waals surface area contributed by atoms with Gasteiger partial charge in [0.25, 0.3) is 5.56 Å². The molecular formula is C17H13N3O. The van der Waals surface area contributed by atoms with Crippen LogP contribution in [0.4, 0.5) is 0 Å². The number of H-pyrrole nitrogens is 1. The fourth-order valence-electron chi connectivity index (χ4n) is 2.35. The highest BCUT2D eigenvalue weighted by molar-refractivity contribution is 5.74. The molecule has 1 heterocycles. The van der Waals surface area contributed by atoms with E-state index in [0.717, 1.165) is 11.1 Å². The van der Waals surface area contributed by atoms with E-state index in [9.17, 15) is 10.1 Å². The third-order valence-electron chi connectivity index (χ3n) is 3.41. The van der Waals surface area contributed by atoms with Crippen LogP contribution in [0.25, 0.3) is 11.0 Å². The molecule has 0 saturated heterocycles. The van der Waals surface area contributed by atoms with Crippen molar-refractivity contribution in [3.8, 4) is 6.07 Å². The van der Waals surface area contributed by atoms with Crippen molar-refractivity contribution in [2.75, 3.05) is 0 Å². The summed E-state index contributed by atoms with van der Waals surface area (Å²) in [6, 6.07) is 17.0. The molecule has 4 heteroatoms. The number of hydrogen-bond acceptors (Lipinski definition) is 3. The molecule has 3 rings (SSSR count). The van der Waals surface area contributed by atoms with Gasteiger partial charge in [-0.3, -0.25) is 4.79 Å². The highest BCUT2D eigenvalue weighted by Crippen LogP contribution is 2.21. The Labute approximate surface area is 121 Å². The molecule has 0 amide bonds. The molecule has 0 saturated carbocycles. The molecular weight excluding hydrogens is 262 g/mol. The van der Waals surface area contributed by atoms with E-state index < -0.39 is 5.92 Å². The van der Waals surface area contributed by atoms with Crippen molar-refractivity contribution in [1.82, 2.24) is 9.97 Å². The molecule has 1 atom stereocenters. The Balaban J connectivity index is 2.20. The second kappa shape index (κ2) is 5.22. The Bertz CT molecular complexity index is 891. The number of aryl methyl sites for hydroxylation is 1. The van der Waals surface area contributed by atoms with E-state index in [1.165, 1.54) is 0 Å². The smallest absolute Gasteiger partial charge is 0.271 e. The average molecular weight is 275 g/mol. The van der Waals surface area contributed by atoms with Crippen LogP contribution in [0, 0.1) is 18.3 Å². The molecule has 0 spiro atoms. The number of aromatic nitrogens is 2. The van der Waals surface area contributed by atoms with Gasteiger partial charge in [0.15, 0.2) is 0 Å². The minimum Gasteiger partial charge on any atom is -0.319 e. The van der Waals surface area contributed by atoms with Crippen LogP contribution < -0.4 is 5.56 Å². The molecule has 0 bridgehead atoms. The summed E-state index contributed by atoms with van der Waals surface area (Å²) in [5.74, 6) is -0.666. The molecule has 1 N–H and O–H groups in total. The largest absolute Gasteiger partial charge is 0.319 e. The van der Waals surface area contributed by atoms with Gasteiger partial charge in [-0.15, -0.1) is 0 Å². The van der Waals surface area contributed by atoms with Crippen LogP contribution in [0.15, 0.2) is 53.3 Å². The van der Waals surface area contributed by atoms with Crippen LogP contribution in [0.5, 0.6) is 0 Å². The van der Waals surface area contributed by atoms with Gasteiger partial charge in [0, 0.05) is 0 Å². The van der Waals surface area contributed by atoms with Crippen molar-refractivity contribution in [2.24, 2.45) is 0 Å². The number of fused-ring (bicyclic) bond motifs is 1. The number of rotatable bonds is 2. The molecule has 4 nitrogen and oxygen atoms in total. The molecule has 3 aromatic rings. The lowest BCUT2D eigenvalue weighted by molar-refractivity contribution is 0.938. The lowest BCUT2D eigenvalue weighted by atomic mass is 9.97. The first-order valence-corrected chi connectivity index (χ1v) is 6.64. The molecule has 0 aliphatic heterocycles. The number of nitriles is 1. The molecule has 2 aromatic carbocycles. The predicted octanol–water partition coefficient (Wildman–Crippen LogP) is 2.89. The number of hydrogen-bond donors (Lipinski definition) is 1. The topological polar surface area (TPSA) is 69.5 Å². The predicted molar refractivity (Wildman–Crippen MR) is 81.0 cm³/mol. The molecule has 0 aliphatic carbocycles. The normalized spacial score (nSPS) is 12.0. The molecule has 102 valence electrons. The Morgan fingerprint density at radius 2 is 1.95 bits per heavy atom. The van der Waals surface area contributed by atoms with Gasteiger partial charge >= 0.3 is 0 Å². The standard InChI is InChI=1S/C17H13N3O/c1-11-7-8-14-15(9-11)20-17(21)16(19-14)13(10-18)12-5-3-2-4-6-12/h2-9,13H,1H3,(H,20,21)/t13-/m0/s1. The molecule has 0 radical (unpaired) electrons. The lowest BCUT2D eigenvalue weighted by Gasteiger charge is -2.09. The zero-order valence-corrected chi connectivity index (χ0v) is 11.5. The highest BCUT2D eigenvalue weighted by atomic mass is 16.1. The first-order chi connectivity index (χ1) is 10.2. The van der Waals surface area contributed by atoms with Gasteiger partial charge in [-0.1, -0.05) is 36.4 Å². The molecule has 1 aromatic heterocycles. The SMILES string of the molecule is Cc1ccc2nc([C@@H](C#N)c3ccccc3)c(=O)[nH]c2c1. The maximum absolute atomic E-state index is 12.2. The van der Waals surface area contributed by atoms with Crippen LogP contribution in [0.1, 0.15) is 22.7 Å². The Morgan fingerprint density at radius 3 is 2.67 bits per heavy atom. The summed E-state index contributed by atoms with van der Waals surface area (Å²) in [7, 11) is 0. The summed E-state index contributed by atoms with van der Waals surface area (Å²) in [5, 5.41) is 9.43. The number of aromatic amines is 1. The maximum Gasteiger partial charge on any atom is 0.271 e. The van der Waals surface area contributed by atoms with Crippen molar-refractivity contribution >= 4 is 11.0 Å². The van der Waals surface area contributed by atoms with Crippen molar-refractivity contribution in [1.29, 1.82) is 5.26 Å². The molecule has 0 aliphatic rings. The Morgan fingerprint density at radius 1 is 1.19 bits per heavy atom. The van der Waals surface area contributed by atoms with Gasteiger partial charge in [0.05, 0.1) is 17.1 Å². The van der Waals surface area contributed by atoms with Crippen LogP contribution in [-0.2, 0) is 0 Å². The van der Waals surface area contributed by atoms with Gasteiger partial charge in [-0.25, -0.2) is 4.98 Å². The zero-order valence-electron chi connectivity index (χ0n) is 11.5. The quantitative estimate of drug-likeness (QED) is 0.781. The van der Waals surface area contributed by atoms with Gasteiger partial charge in [-0.05, 0) is 30.2 Å². The third kappa shape index (κ3) is 2.41. The third-order valence-corrected chi connectivity index (χ3v) is 3.41. The number of nitrogens with one attached hydrogen (secondary N) is 1. The van der Waals surface area contributed by atoms with Crippen LogP contribution in [0.3, 0.4) is 0 Å². The van der Waals surface area contributed by atoms with E-state index in [-0.39, 0.29) is 11.3 Å². The van der Waals surface area contributed by atoms with E-state index in [4.69, 9.17) is 0 Å². The average Bonchev–Trinajstić information content (AvgIpc) is 2.50. The number of nitrogens with zero attached hydrogens (tertiary/aromatic N) is 2. The van der Waals surface area contributed by atoms with Gasteiger partial charge in [0.2, 0.25) is 0 Å². The summed E-state index contributed by atoms with van der Waals surface area (Å²) in [4.78, 5) is 19.5. The second-order valence-corrected chi connectivity index (χ2v) is 4.94. The van der Waals surface area contributed by atoms with Crippen molar-refractivity contribution in [3.05, 3.63) is 75.7 Å². The van der Waals surface area contributed by atoms with Gasteiger partial charge in [0.1, 0.15) is 11.6 Å². The number of benzene rings is 2. The monoisotopic (exact) mass is 275 g/mol. The van der Waals surface area contributed by atoms with E-state index in [0.29, 0.717) is 11.0 Å². The minimum atomic E-state index is -0.666. The van der Waals surface area contributed by atoms with Crippen molar-refractivity contribution in [2.45, 2.75) is 12.8 Å². The zero-order chi connectivity index (χ0) is 14.8. The van der Waals surface area contributed by atoms with Crippen molar-refractivity contribution < 1.29 is 0 Å². The fraction of sp³-hybridized carbons (Fsp3) is 0.118. The summed E-state index contributed by atoms with van der Waals surface area (Å²) < 4.78 is 0. The second-order valence-electron chi connectivity index (χ2n) is 4.94. The van der Waals surface area contributed by atoms with Gasteiger partial charge in [-0.2, -0.15) is 5.26 Å². The van der Waals surface area contributed by atoms with Gasteiger partial charge < -0.3 is 4.98 Å². The minimum absolute atomic E-state index is 0.236. The Hall–Kier alpha value is -2.93. The summed E-state index contributed by atoms with van der Waals surface area (Å²) >= 11 is 0. The maximum atomic E-state index is 12.2. The van der Waals surface area contributed by atoms with E-state index in [2.05, 4.69) is 16.0 Å². The van der Waals surface area contributed by atoms with Crippen LogP contribution in [0.2, 0.25) is 0 Å². The lowest BCUT2D eigenvalue weighted by Crippen LogP contribution is -2.19. The summed E-state index contributed by atoms with van der Waals surface area (Å²) in [6.45, 7) is 1.95. The molecule has 0 unspecified atom stereocenters. The first-order valence-electron chi connectivity index (χ1n) is 6.64. The van der Waals surface area contributed by atoms with Crippen LogP contribution in [-0.4, -0.2) is 9.97 Å². The fourth-order valence-corrected chi connectivity index (χ4v) is 2.35. The Kier molecular flexibility index (Phi) is 3.25. The molecule has 0 fully saturated rings. The van der Waals surface area contributed by atoms with Crippen molar-refractivity contribution in [3.63, 3.8) is 0 Å². The van der Waals surface area contributed by atoms with E-state index in [1.807, 2.05) is 55.5 Å². The first kappa shape index (κ1) is 13.1. The molecule has 21 heavy (non-hydrogen) atoms.